The van der Waals surface area contributed by atoms with E-state index in [1.807, 2.05) is 0 Å². The molecule has 0 spiro atoms. The van der Waals surface area contributed by atoms with E-state index in [0.717, 1.165) is 18.3 Å². The number of nitrogens with one attached hydrogen (secondary N) is 1. The minimum atomic E-state index is -4.99. The van der Waals surface area contributed by atoms with Gasteiger partial charge in [-0.15, -0.1) is 13.2 Å². The van der Waals surface area contributed by atoms with Crippen LogP contribution in [-0.2, 0) is 11.3 Å². The Hall–Kier alpha value is -2.85. The minimum Gasteiger partial charge on any atom is -0.406 e. The van der Waals surface area contributed by atoms with Crippen LogP contribution in [0.5, 0.6) is 5.75 Å². The van der Waals surface area contributed by atoms with Crippen LogP contribution >= 0.6 is 0 Å². The van der Waals surface area contributed by atoms with E-state index < -0.39 is 30.7 Å². The Morgan fingerprint density at radius 1 is 1.00 bits per heavy atom. The predicted molar refractivity (Wildman–Crippen MR) is 72.1 cm³/mol. The summed E-state index contributed by atoms with van der Waals surface area (Å²) in [6.45, 7) is -0.468. The summed E-state index contributed by atoms with van der Waals surface area (Å²) in [5.41, 5.74) is 0.788. The summed E-state index contributed by atoms with van der Waals surface area (Å²) in [4.78, 5) is 18.5. The number of halogens is 6. The molecule has 0 aliphatic heterocycles. The molecule has 1 N–H and O–H groups in total. The number of amides is 1. The van der Waals surface area contributed by atoms with Crippen molar-refractivity contribution >= 4 is 5.91 Å². The highest BCUT2D eigenvalue weighted by Gasteiger charge is 2.38. The second kappa shape index (κ2) is 6.95. The molecule has 2 aromatic rings. The van der Waals surface area contributed by atoms with Crippen molar-refractivity contribution in [2.45, 2.75) is 19.1 Å². The molecule has 11 heteroatoms. The molecule has 1 aromatic carbocycles. The number of hydrogen-bond acceptors (Lipinski definition) is 4. The van der Waals surface area contributed by atoms with Gasteiger partial charge in [0.05, 0.1) is 30.3 Å². The molecule has 134 valence electrons. The molecule has 0 fully saturated rings. The van der Waals surface area contributed by atoms with Crippen molar-refractivity contribution in [1.29, 1.82) is 0 Å². The smallest absolute Gasteiger partial charge is 0.406 e. The largest absolute Gasteiger partial charge is 0.573 e. The lowest BCUT2D eigenvalue weighted by molar-refractivity contribution is -0.274. The molecular formula is C14H9F6N3O2. The van der Waals surface area contributed by atoms with Gasteiger partial charge in [-0.3, -0.25) is 14.8 Å². The molecule has 0 atom stereocenters. The summed E-state index contributed by atoms with van der Waals surface area (Å²) in [5.74, 6) is -2.51. The minimum absolute atomic E-state index is 0.0818. The predicted octanol–water partition coefficient (Wildman–Crippen LogP) is 3.22. The number of carbonyl (C=O) groups is 1. The fourth-order valence-corrected chi connectivity index (χ4v) is 1.69. The van der Waals surface area contributed by atoms with Crippen LogP contribution in [0.15, 0.2) is 36.7 Å². The summed E-state index contributed by atoms with van der Waals surface area (Å²) in [5, 5.41) is 1.64. The van der Waals surface area contributed by atoms with E-state index in [4.69, 9.17) is 0 Å². The molecule has 1 amide bonds. The van der Waals surface area contributed by atoms with Crippen LogP contribution in [0.25, 0.3) is 11.3 Å². The van der Waals surface area contributed by atoms with Gasteiger partial charge in [0.1, 0.15) is 5.75 Å². The molecule has 0 unspecified atom stereocenters. The van der Waals surface area contributed by atoms with E-state index in [2.05, 4.69) is 14.7 Å². The Kier molecular flexibility index (Phi) is 5.14. The third-order valence-corrected chi connectivity index (χ3v) is 2.78. The van der Waals surface area contributed by atoms with E-state index in [0.29, 0.717) is 5.56 Å². The Balaban J connectivity index is 2.01. The number of rotatable bonds is 4. The van der Waals surface area contributed by atoms with Gasteiger partial charge in [0.2, 0.25) is 0 Å². The zero-order valence-electron chi connectivity index (χ0n) is 12.1. The standard InChI is InChI=1S/C14H9F6N3O2/c15-13(16,17)12(24)23-6-9-5-22-11(7-21-9)8-1-3-10(4-2-8)25-14(18,19)20/h1-5,7H,6H2,(H,23,24). The van der Waals surface area contributed by atoms with Crippen molar-refractivity contribution in [2.24, 2.45) is 0 Å². The lowest BCUT2D eigenvalue weighted by Gasteiger charge is -2.09. The zero-order valence-corrected chi connectivity index (χ0v) is 12.1. The van der Waals surface area contributed by atoms with Crippen LogP contribution < -0.4 is 10.1 Å². The van der Waals surface area contributed by atoms with Crippen LogP contribution in [0.4, 0.5) is 26.3 Å². The average molecular weight is 365 g/mol. The molecule has 0 bridgehead atoms. The summed E-state index contributed by atoms with van der Waals surface area (Å²) in [6, 6.07) is 4.80. The van der Waals surface area contributed by atoms with Crippen molar-refractivity contribution in [1.82, 2.24) is 15.3 Å². The van der Waals surface area contributed by atoms with E-state index in [-0.39, 0.29) is 11.4 Å². The molecular weight excluding hydrogens is 356 g/mol. The maximum absolute atomic E-state index is 12.1. The number of carbonyl (C=O) groups excluding carboxylic acids is 1. The Morgan fingerprint density at radius 3 is 2.12 bits per heavy atom. The monoisotopic (exact) mass is 365 g/mol. The average Bonchev–Trinajstić information content (AvgIpc) is 2.51. The molecule has 2 rings (SSSR count). The van der Waals surface area contributed by atoms with Crippen LogP contribution in [0.2, 0.25) is 0 Å². The fraction of sp³-hybridized carbons (Fsp3) is 0.214. The van der Waals surface area contributed by atoms with E-state index >= 15 is 0 Å². The number of benzene rings is 1. The van der Waals surface area contributed by atoms with Gasteiger partial charge in [0, 0.05) is 5.56 Å². The SMILES string of the molecule is O=C(NCc1cnc(-c2ccc(OC(F)(F)F)cc2)cn1)C(F)(F)F. The zero-order chi connectivity index (χ0) is 18.7. The second-order valence-electron chi connectivity index (χ2n) is 4.65. The summed E-state index contributed by atoms with van der Waals surface area (Å²) >= 11 is 0. The Labute approximate surface area is 136 Å². The Bertz CT molecular complexity index is 726. The molecule has 1 aromatic heterocycles. The van der Waals surface area contributed by atoms with Crippen LogP contribution in [0, 0.1) is 0 Å². The van der Waals surface area contributed by atoms with Crippen molar-refractivity contribution in [3.05, 3.63) is 42.4 Å². The van der Waals surface area contributed by atoms with Gasteiger partial charge in [-0.25, -0.2) is 0 Å². The normalized spacial score (nSPS) is 11.9. The molecule has 0 saturated heterocycles. The third-order valence-electron chi connectivity index (χ3n) is 2.78. The van der Waals surface area contributed by atoms with Crippen molar-refractivity contribution in [2.75, 3.05) is 0 Å². The van der Waals surface area contributed by atoms with Crippen molar-refractivity contribution in [3.8, 4) is 17.0 Å². The molecule has 5 nitrogen and oxygen atoms in total. The molecule has 0 saturated carbocycles. The van der Waals surface area contributed by atoms with Gasteiger partial charge >= 0.3 is 18.4 Å². The highest BCUT2D eigenvalue weighted by molar-refractivity contribution is 5.81. The van der Waals surface area contributed by atoms with Gasteiger partial charge in [-0.05, 0) is 24.3 Å². The summed E-state index contributed by atoms with van der Waals surface area (Å²) < 4.78 is 76.1. The van der Waals surface area contributed by atoms with Gasteiger partial charge in [0.15, 0.2) is 0 Å². The number of nitrogens with zero attached hydrogens (tertiary/aromatic N) is 2. The van der Waals surface area contributed by atoms with E-state index in [1.54, 1.807) is 5.32 Å². The number of aromatic nitrogens is 2. The van der Waals surface area contributed by atoms with Crippen LogP contribution in [0.1, 0.15) is 5.69 Å². The number of ether oxygens (including phenoxy) is 1. The molecule has 0 radical (unpaired) electrons. The fourth-order valence-electron chi connectivity index (χ4n) is 1.69. The van der Waals surface area contributed by atoms with Gasteiger partial charge in [0.25, 0.3) is 0 Å². The lowest BCUT2D eigenvalue weighted by atomic mass is 10.1. The van der Waals surface area contributed by atoms with Gasteiger partial charge in [-0.2, -0.15) is 13.2 Å². The maximum atomic E-state index is 12.1. The van der Waals surface area contributed by atoms with Crippen LogP contribution in [-0.4, -0.2) is 28.4 Å². The molecule has 25 heavy (non-hydrogen) atoms. The maximum Gasteiger partial charge on any atom is 0.573 e. The summed E-state index contributed by atoms with van der Waals surface area (Å²) in [7, 11) is 0. The first-order valence-corrected chi connectivity index (χ1v) is 6.57. The molecule has 1 heterocycles. The quantitative estimate of drug-likeness (QED) is 0.845. The van der Waals surface area contributed by atoms with Crippen molar-refractivity contribution < 1.29 is 35.9 Å². The first-order chi connectivity index (χ1) is 11.5. The first kappa shape index (κ1) is 18.5. The van der Waals surface area contributed by atoms with Crippen LogP contribution in [0.3, 0.4) is 0 Å². The van der Waals surface area contributed by atoms with Crippen molar-refractivity contribution in [3.63, 3.8) is 0 Å². The first-order valence-electron chi connectivity index (χ1n) is 6.57. The highest BCUT2D eigenvalue weighted by atomic mass is 19.4. The number of alkyl halides is 6. The third kappa shape index (κ3) is 5.62. The highest BCUT2D eigenvalue weighted by Crippen LogP contribution is 2.25. The van der Waals surface area contributed by atoms with E-state index in [9.17, 15) is 31.1 Å². The topological polar surface area (TPSA) is 64.1 Å². The summed E-state index contributed by atoms with van der Waals surface area (Å²) in [6.07, 6.45) is -7.43. The van der Waals surface area contributed by atoms with Gasteiger partial charge in [-0.1, -0.05) is 0 Å². The van der Waals surface area contributed by atoms with Gasteiger partial charge < -0.3 is 10.1 Å². The number of hydrogen-bond donors (Lipinski definition) is 1. The molecule has 0 aliphatic carbocycles. The molecule has 0 aliphatic rings. The second-order valence-corrected chi connectivity index (χ2v) is 4.65. The van der Waals surface area contributed by atoms with E-state index in [1.165, 1.54) is 18.3 Å². The lowest BCUT2D eigenvalue weighted by Crippen LogP contribution is -2.36. The Morgan fingerprint density at radius 2 is 1.64 bits per heavy atom.